The van der Waals surface area contributed by atoms with Crippen LogP contribution in [-0.4, -0.2) is 11.7 Å². The summed E-state index contributed by atoms with van der Waals surface area (Å²) in [7, 11) is 0. The summed E-state index contributed by atoms with van der Waals surface area (Å²) in [4.78, 5) is 0. The lowest BCUT2D eigenvalue weighted by Gasteiger charge is -2.13. The Hall–Kier alpha value is -0.730. The quantitative estimate of drug-likeness (QED) is 0.765. The van der Waals surface area contributed by atoms with Gasteiger partial charge in [-0.1, -0.05) is 31.4 Å². The Morgan fingerprint density at radius 3 is 2.75 bits per heavy atom. The van der Waals surface area contributed by atoms with E-state index in [1.54, 1.807) is 19.1 Å². The SMILES string of the molecule is CCCCCOc1ccc(Cl)cc1[C@H](C)O. The third-order valence-electron chi connectivity index (χ3n) is 2.43. The molecule has 16 heavy (non-hydrogen) atoms. The summed E-state index contributed by atoms with van der Waals surface area (Å²) in [5.41, 5.74) is 0.754. The molecule has 0 unspecified atom stereocenters. The molecule has 0 radical (unpaired) electrons. The predicted molar refractivity (Wildman–Crippen MR) is 67.1 cm³/mol. The van der Waals surface area contributed by atoms with Gasteiger partial charge in [0, 0.05) is 10.6 Å². The van der Waals surface area contributed by atoms with E-state index in [0.717, 1.165) is 24.2 Å². The summed E-state index contributed by atoms with van der Waals surface area (Å²) >= 11 is 5.88. The molecule has 0 fully saturated rings. The first-order chi connectivity index (χ1) is 7.65. The second-order valence-electron chi connectivity index (χ2n) is 3.91. The van der Waals surface area contributed by atoms with E-state index < -0.39 is 6.10 Å². The Morgan fingerprint density at radius 1 is 1.38 bits per heavy atom. The van der Waals surface area contributed by atoms with Crippen LogP contribution in [0.25, 0.3) is 0 Å². The van der Waals surface area contributed by atoms with E-state index >= 15 is 0 Å². The van der Waals surface area contributed by atoms with Crippen LogP contribution in [-0.2, 0) is 0 Å². The highest BCUT2D eigenvalue weighted by molar-refractivity contribution is 6.30. The number of aliphatic hydroxyl groups excluding tert-OH is 1. The van der Waals surface area contributed by atoms with Gasteiger partial charge in [0.15, 0.2) is 0 Å². The van der Waals surface area contributed by atoms with Gasteiger partial charge in [0.1, 0.15) is 5.75 Å². The number of halogens is 1. The molecule has 0 heterocycles. The zero-order valence-electron chi connectivity index (χ0n) is 9.87. The Balaban J connectivity index is 2.64. The van der Waals surface area contributed by atoms with E-state index in [1.165, 1.54) is 6.42 Å². The summed E-state index contributed by atoms with van der Waals surface area (Å²) < 4.78 is 5.64. The third-order valence-corrected chi connectivity index (χ3v) is 2.66. The third kappa shape index (κ3) is 4.03. The van der Waals surface area contributed by atoms with Crippen LogP contribution in [0.3, 0.4) is 0 Å². The number of rotatable bonds is 6. The van der Waals surface area contributed by atoms with Gasteiger partial charge in [-0.25, -0.2) is 0 Å². The lowest BCUT2D eigenvalue weighted by atomic mass is 10.1. The minimum Gasteiger partial charge on any atom is -0.493 e. The molecule has 2 nitrogen and oxygen atoms in total. The van der Waals surface area contributed by atoms with Gasteiger partial charge in [0.2, 0.25) is 0 Å². The number of hydrogen-bond acceptors (Lipinski definition) is 2. The highest BCUT2D eigenvalue weighted by atomic mass is 35.5. The summed E-state index contributed by atoms with van der Waals surface area (Å²) in [6.07, 6.45) is 2.82. The lowest BCUT2D eigenvalue weighted by Crippen LogP contribution is -2.02. The Labute approximate surface area is 102 Å². The van der Waals surface area contributed by atoms with Crippen molar-refractivity contribution < 1.29 is 9.84 Å². The molecular formula is C13H19ClO2. The Bertz CT molecular complexity index is 324. The Morgan fingerprint density at radius 2 is 2.12 bits per heavy atom. The van der Waals surface area contributed by atoms with Crippen molar-refractivity contribution in [2.24, 2.45) is 0 Å². The number of unbranched alkanes of at least 4 members (excludes halogenated alkanes) is 2. The predicted octanol–water partition coefficient (Wildman–Crippen LogP) is 3.96. The Kier molecular flexibility index (Phi) is 5.64. The first kappa shape index (κ1) is 13.3. The maximum atomic E-state index is 9.59. The zero-order chi connectivity index (χ0) is 12.0. The summed E-state index contributed by atoms with van der Waals surface area (Å²) in [6.45, 7) is 4.56. The van der Waals surface area contributed by atoms with Gasteiger partial charge in [-0.05, 0) is 31.5 Å². The summed E-state index contributed by atoms with van der Waals surface area (Å²) in [5, 5.41) is 10.2. The fourth-order valence-corrected chi connectivity index (χ4v) is 1.69. The molecule has 90 valence electrons. The van der Waals surface area contributed by atoms with Crippen molar-refractivity contribution >= 4 is 11.6 Å². The zero-order valence-corrected chi connectivity index (χ0v) is 10.6. The molecule has 0 saturated carbocycles. The van der Waals surface area contributed by atoms with Crippen molar-refractivity contribution in [2.45, 2.75) is 39.2 Å². The molecule has 0 bridgehead atoms. The first-order valence-electron chi connectivity index (χ1n) is 5.75. The van der Waals surface area contributed by atoms with Gasteiger partial charge < -0.3 is 9.84 Å². The van der Waals surface area contributed by atoms with Crippen LogP contribution >= 0.6 is 11.6 Å². The summed E-state index contributed by atoms with van der Waals surface area (Å²) in [6, 6.07) is 5.35. The van der Waals surface area contributed by atoms with E-state index in [0.29, 0.717) is 11.6 Å². The normalized spacial score (nSPS) is 12.5. The number of aliphatic hydroxyl groups is 1. The van der Waals surface area contributed by atoms with E-state index in [-0.39, 0.29) is 0 Å². The van der Waals surface area contributed by atoms with Gasteiger partial charge in [0.05, 0.1) is 12.7 Å². The van der Waals surface area contributed by atoms with E-state index in [2.05, 4.69) is 6.92 Å². The average molecular weight is 243 g/mol. The molecule has 1 rings (SSSR count). The monoisotopic (exact) mass is 242 g/mol. The standard InChI is InChI=1S/C13H19ClO2/c1-3-4-5-8-16-13-7-6-11(14)9-12(13)10(2)15/h6-7,9-10,15H,3-5,8H2,1-2H3/t10-/m0/s1. The van der Waals surface area contributed by atoms with E-state index in [1.807, 2.05) is 6.07 Å². The van der Waals surface area contributed by atoms with Crippen molar-refractivity contribution in [3.8, 4) is 5.75 Å². The van der Waals surface area contributed by atoms with Gasteiger partial charge in [-0.2, -0.15) is 0 Å². The van der Waals surface area contributed by atoms with Crippen molar-refractivity contribution in [3.63, 3.8) is 0 Å². The average Bonchev–Trinajstić information content (AvgIpc) is 2.26. The molecule has 1 aromatic carbocycles. The molecule has 0 aliphatic rings. The van der Waals surface area contributed by atoms with Gasteiger partial charge in [-0.3, -0.25) is 0 Å². The molecule has 0 aromatic heterocycles. The van der Waals surface area contributed by atoms with Gasteiger partial charge in [-0.15, -0.1) is 0 Å². The second-order valence-corrected chi connectivity index (χ2v) is 4.35. The fraction of sp³-hybridized carbons (Fsp3) is 0.538. The highest BCUT2D eigenvalue weighted by Gasteiger charge is 2.09. The molecule has 0 aliphatic carbocycles. The second kappa shape index (κ2) is 6.77. The minimum atomic E-state index is -0.556. The molecule has 3 heteroatoms. The molecule has 1 N–H and O–H groups in total. The molecule has 0 saturated heterocycles. The molecule has 1 aromatic rings. The van der Waals surface area contributed by atoms with E-state index in [9.17, 15) is 5.11 Å². The number of ether oxygens (including phenoxy) is 1. The van der Waals surface area contributed by atoms with Crippen molar-refractivity contribution in [1.29, 1.82) is 0 Å². The molecule has 1 atom stereocenters. The highest BCUT2D eigenvalue weighted by Crippen LogP contribution is 2.28. The van der Waals surface area contributed by atoms with Crippen molar-refractivity contribution in [2.75, 3.05) is 6.61 Å². The van der Waals surface area contributed by atoms with Crippen LogP contribution in [0.2, 0.25) is 5.02 Å². The largest absolute Gasteiger partial charge is 0.493 e. The maximum absolute atomic E-state index is 9.59. The molecule has 0 spiro atoms. The van der Waals surface area contributed by atoms with Crippen LogP contribution in [0.15, 0.2) is 18.2 Å². The molecule has 0 aliphatic heterocycles. The fourth-order valence-electron chi connectivity index (χ4n) is 1.51. The van der Waals surface area contributed by atoms with Crippen molar-refractivity contribution in [3.05, 3.63) is 28.8 Å². The molecular weight excluding hydrogens is 224 g/mol. The smallest absolute Gasteiger partial charge is 0.125 e. The van der Waals surface area contributed by atoms with Gasteiger partial charge >= 0.3 is 0 Å². The lowest BCUT2D eigenvalue weighted by molar-refractivity contribution is 0.190. The van der Waals surface area contributed by atoms with Crippen LogP contribution < -0.4 is 4.74 Å². The van der Waals surface area contributed by atoms with Crippen LogP contribution in [0, 0.1) is 0 Å². The van der Waals surface area contributed by atoms with E-state index in [4.69, 9.17) is 16.3 Å². The maximum Gasteiger partial charge on any atom is 0.125 e. The van der Waals surface area contributed by atoms with Crippen LogP contribution in [0.4, 0.5) is 0 Å². The molecule has 0 amide bonds. The number of hydrogen-bond donors (Lipinski definition) is 1. The summed E-state index contributed by atoms with van der Waals surface area (Å²) in [5.74, 6) is 0.732. The first-order valence-corrected chi connectivity index (χ1v) is 6.13. The number of benzene rings is 1. The van der Waals surface area contributed by atoms with Crippen LogP contribution in [0.1, 0.15) is 44.8 Å². The topological polar surface area (TPSA) is 29.5 Å². The van der Waals surface area contributed by atoms with Crippen molar-refractivity contribution in [1.82, 2.24) is 0 Å². The van der Waals surface area contributed by atoms with Crippen LogP contribution in [0.5, 0.6) is 5.75 Å². The van der Waals surface area contributed by atoms with Gasteiger partial charge in [0.25, 0.3) is 0 Å². The minimum absolute atomic E-state index is 0.556.